The Morgan fingerprint density at radius 1 is 1.45 bits per heavy atom. The second-order valence-electron chi connectivity index (χ2n) is 4.39. The van der Waals surface area contributed by atoms with Crippen molar-refractivity contribution < 1.29 is 14.5 Å². The van der Waals surface area contributed by atoms with E-state index in [0.717, 1.165) is 0 Å². The van der Waals surface area contributed by atoms with Gasteiger partial charge in [0.05, 0.1) is 10.6 Å². The van der Waals surface area contributed by atoms with Gasteiger partial charge in [0.1, 0.15) is 0 Å². The molecule has 0 spiro atoms. The van der Waals surface area contributed by atoms with E-state index in [2.05, 4.69) is 10.3 Å². The van der Waals surface area contributed by atoms with Gasteiger partial charge in [-0.05, 0) is 24.6 Å². The molecule has 0 bridgehead atoms. The summed E-state index contributed by atoms with van der Waals surface area (Å²) in [7, 11) is 0. The topological polar surface area (TPSA) is 94.4 Å². The molecule has 114 valence electrons. The molecule has 8 heteroatoms. The number of nitrogens with one attached hydrogen (secondary N) is 1. The van der Waals surface area contributed by atoms with Crippen molar-refractivity contribution in [2.24, 2.45) is 0 Å². The number of ether oxygens (including phenoxy) is 1. The third-order valence-electron chi connectivity index (χ3n) is 2.79. The van der Waals surface area contributed by atoms with Crippen LogP contribution in [-0.4, -0.2) is 22.4 Å². The molecule has 0 unspecified atom stereocenters. The molecule has 0 saturated heterocycles. The van der Waals surface area contributed by atoms with E-state index in [9.17, 15) is 14.9 Å². The largest absolute Gasteiger partial charge is 0.481 e. The Morgan fingerprint density at radius 2 is 2.23 bits per heavy atom. The van der Waals surface area contributed by atoms with E-state index >= 15 is 0 Å². The summed E-state index contributed by atoms with van der Waals surface area (Å²) in [6.07, 6.45) is 1.50. The predicted molar refractivity (Wildman–Crippen MR) is 81.2 cm³/mol. The Bertz CT molecular complexity index is 721. The van der Waals surface area contributed by atoms with Gasteiger partial charge >= 0.3 is 0 Å². The summed E-state index contributed by atoms with van der Waals surface area (Å²) in [4.78, 5) is 25.9. The number of halogens is 1. The zero-order chi connectivity index (χ0) is 16.1. The van der Waals surface area contributed by atoms with E-state index in [4.69, 9.17) is 16.3 Å². The molecule has 2 aromatic rings. The van der Waals surface area contributed by atoms with Crippen LogP contribution in [0.3, 0.4) is 0 Å². The van der Waals surface area contributed by atoms with Gasteiger partial charge in [0.15, 0.2) is 17.5 Å². The average molecular weight is 322 g/mol. The number of carbonyl (C=O) groups excluding carboxylic acids is 1. The van der Waals surface area contributed by atoms with Gasteiger partial charge in [-0.1, -0.05) is 17.7 Å². The molecule has 0 saturated carbocycles. The van der Waals surface area contributed by atoms with Crippen molar-refractivity contribution in [2.75, 3.05) is 11.9 Å². The third-order valence-corrected chi connectivity index (χ3v) is 3.07. The standard InChI is InChI=1S/C14H12ClN3O4/c1-9-4-5-10(18(20)21)7-11(9)17-13(19)8-22-12-3-2-6-16-14(12)15/h2-7H,8H2,1H3,(H,17,19). The van der Waals surface area contributed by atoms with Crippen molar-refractivity contribution in [3.05, 3.63) is 57.4 Å². The van der Waals surface area contributed by atoms with Gasteiger partial charge in [-0.15, -0.1) is 0 Å². The molecule has 0 fully saturated rings. The fraction of sp³-hybridized carbons (Fsp3) is 0.143. The molecule has 0 atom stereocenters. The number of rotatable bonds is 5. The van der Waals surface area contributed by atoms with Gasteiger partial charge in [0.25, 0.3) is 11.6 Å². The number of carbonyl (C=O) groups is 1. The van der Waals surface area contributed by atoms with Crippen molar-refractivity contribution in [1.29, 1.82) is 0 Å². The number of anilines is 1. The molecule has 0 aliphatic carbocycles. The first-order valence-electron chi connectivity index (χ1n) is 6.25. The number of aromatic nitrogens is 1. The summed E-state index contributed by atoms with van der Waals surface area (Å²) < 4.78 is 5.25. The van der Waals surface area contributed by atoms with Crippen LogP contribution in [-0.2, 0) is 4.79 Å². The molecule has 22 heavy (non-hydrogen) atoms. The monoisotopic (exact) mass is 321 g/mol. The number of nitro benzene ring substituents is 1. The minimum absolute atomic E-state index is 0.0999. The molecule has 1 amide bonds. The molecule has 1 N–H and O–H groups in total. The second-order valence-corrected chi connectivity index (χ2v) is 4.74. The van der Waals surface area contributed by atoms with Crippen molar-refractivity contribution in [3.8, 4) is 5.75 Å². The minimum Gasteiger partial charge on any atom is -0.481 e. The molecule has 1 aromatic heterocycles. The highest BCUT2D eigenvalue weighted by molar-refractivity contribution is 6.30. The van der Waals surface area contributed by atoms with Crippen LogP contribution in [0.4, 0.5) is 11.4 Å². The predicted octanol–water partition coefficient (Wildman–Crippen LogP) is 2.97. The van der Waals surface area contributed by atoms with Crippen molar-refractivity contribution in [3.63, 3.8) is 0 Å². The fourth-order valence-corrected chi connectivity index (χ4v) is 1.84. The van der Waals surface area contributed by atoms with Crippen LogP contribution in [0.5, 0.6) is 5.75 Å². The maximum atomic E-state index is 11.9. The van der Waals surface area contributed by atoms with E-state index in [1.54, 1.807) is 25.1 Å². The summed E-state index contributed by atoms with van der Waals surface area (Å²) in [6, 6.07) is 7.44. The highest BCUT2D eigenvalue weighted by atomic mass is 35.5. The number of nitro groups is 1. The molecule has 0 aliphatic rings. The summed E-state index contributed by atoms with van der Waals surface area (Å²) >= 11 is 5.81. The molecule has 1 aromatic carbocycles. The lowest BCUT2D eigenvalue weighted by molar-refractivity contribution is -0.384. The van der Waals surface area contributed by atoms with Crippen LogP contribution < -0.4 is 10.1 Å². The van der Waals surface area contributed by atoms with Crippen LogP contribution in [0.25, 0.3) is 0 Å². The summed E-state index contributed by atoms with van der Waals surface area (Å²) in [5.41, 5.74) is 0.968. The van der Waals surface area contributed by atoms with Crippen LogP contribution in [0, 0.1) is 17.0 Å². The van der Waals surface area contributed by atoms with E-state index in [0.29, 0.717) is 11.3 Å². The lowest BCUT2D eigenvalue weighted by Gasteiger charge is -2.10. The normalized spacial score (nSPS) is 10.1. The van der Waals surface area contributed by atoms with Gasteiger partial charge in [-0.2, -0.15) is 0 Å². The number of amides is 1. The molecule has 7 nitrogen and oxygen atoms in total. The van der Waals surface area contributed by atoms with E-state index in [1.165, 1.54) is 18.3 Å². The van der Waals surface area contributed by atoms with Gasteiger partial charge in [0, 0.05) is 18.3 Å². The fourth-order valence-electron chi connectivity index (χ4n) is 1.67. The van der Waals surface area contributed by atoms with Gasteiger partial charge < -0.3 is 10.1 Å². The lowest BCUT2D eigenvalue weighted by atomic mass is 10.2. The van der Waals surface area contributed by atoms with Crippen molar-refractivity contribution in [1.82, 2.24) is 4.98 Å². The van der Waals surface area contributed by atoms with Crippen molar-refractivity contribution in [2.45, 2.75) is 6.92 Å². The number of pyridine rings is 1. The molecule has 2 rings (SSSR count). The number of non-ortho nitro benzene ring substituents is 1. The first kappa shape index (κ1) is 15.7. The summed E-state index contributed by atoms with van der Waals surface area (Å²) in [5.74, 6) is -0.168. The Hall–Kier alpha value is -2.67. The zero-order valence-corrected chi connectivity index (χ0v) is 12.3. The lowest BCUT2D eigenvalue weighted by Crippen LogP contribution is -2.20. The summed E-state index contributed by atoms with van der Waals surface area (Å²) in [5, 5.41) is 13.5. The molecule has 0 radical (unpaired) electrons. The van der Waals surface area contributed by atoms with E-state index in [1.807, 2.05) is 0 Å². The average Bonchev–Trinajstić information content (AvgIpc) is 2.48. The quantitative estimate of drug-likeness (QED) is 0.519. The third kappa shape index (κ3) is 3.92. The second kappa shape index (κ2) is 6.86. The molecule has 0 aliphatic heterocycles. The van der Waals surface area contributed by atoms with Crippen LogP contribution in [0.2, 0.25) is 5.15 Å². The van der Waals surface area contributed by atoms with E-state index in [-0.39, 0.29) is 23.2 Å². The smallest absolute Gasteiger partial charge is 0.271 e. The van der Waals surface area contributed by atoms with Gasteiger partial charge in [0.2, 0.25) is 0 Å². The minimum atomic E-state index is -0.527. The summed E-state index contributed by atoms with van der Waals surface area (Å²) in [6.45, 7) is 1.45. The number of nitrogens with zero attached hydrogens (tertiary/aromatic N) is 2. The number of aryl methyl sites for hydroxylation is 1. The Morgan fingerprint density at radius 3 is 2.91 bits per heavy atom. The maximum Gasteiger partial charge on any atom is 0.271 e. The highest BCUT2D eigenvalue weighted by Crippen LogP contribution is 2.22. The highest BCUT2D eigenvalue weighted by Gasteiger charge is 2.12. The maximum absolute atomic E-state index is 11.9. The van der Waals surface area contributed by atoms with E-state index < -0.39 is 10.8 Å². The SMILES string of the molecule is Cc1ccc([N+](=O)[O-])cc1NC(=O)COc1cccnc1Cl. The Labute approximate surface area is 131 Å². The first-order valence-corrected chi connectivity index (χ1v) is 6.63. The van der Waals surface area contributed by atoms with Crippen LogP contribution >= 0.6 is 11.6 Å². The molecular formula is C14H12ClN3O4. The zero-order valence-electron chi connectivity index (χ0n) is 11.6. The van der Waals surface area contributed by atoms with Crippen LogP contribution in [0.1, 0.15) is 5.56 Å². The van der Waals surface area contributed by atoms with Gasteiger partial charge in [-0.25, -0.2) is 4.98 Å². The Kier molecular flexibility index (Phi) is 4.90. The van der Waals surface area contributed by atoms with Crippen molar-refractivity contribution >= 4 is 28.9 Å². The number of hydrogen-bond acceptors (Lipinski definition) is 5. The molecule has 1 heterocycles. The Balaban J connectivity index is 2.02. The van der Waals surface area contributed by atoms with Gasteiger partial charge in [-0.3, -0.25) is 14.9 Å². The first-order chi connectivity index (χ1) is 10.5. The number of hydrogen-bond donors (Lipinski definition) is 1. The molecular weight excluding hydrogens is 310 g/mol. The van der Waals surface area contributed by atoms with Crippen LogP contribution in [0.15, 0.2) is 36.5 Å². The number of benzene rings is 1.